The first-order chi connectivity index (χ1) is 10.0. The molecule has 0 fully saturated rings. The van der Waals surface area contributed by atoms with Gasteiger partial charge in [0.1, 0.15) is 0 Å². The van der Waals surface area contributed by atoms with E-state index in [1.807, 2.05) is 0 Å². The zero-order valence-electron chi connectivity index (χ0n) is 11.0. The highest BCUT2D eigenvalue weighted by molar-refractivity contribution is 6.33. The van der Waals surface area contributed by atoms with Crippen LogP contribution in [0.25, 0.3) is 0 Å². The van der Waals surface area contributed by atoms with Gasteiger partial charge < -0.3 is 15.7 Å². The summed E-state index contributed by atoms with van der Waals surface area (Å²) in [5, 5.41) is 14.4. The maximum atomic E-state index is 11.9. The van der Waals surface area contributed by atoms with Crippen LogP contribution in [0.5, 0.6) is 0 Å². The van der Waals surface area contributed by atoms with E-state index in [9.17, 15) is 9.59 Å². The molecule has 0 bridgehead atoms. The average molecular weight is 305 g/mol. The molecule has 2 rings (SSSR count). The molecule has 0 unspecified atom stereocenters. The minimum atomic E-state index is -0.923. The van der Waals surface area contributed by atoms with Crippen LogP contribution in [0.1, 0.15) is 5.56 Å². The van der Waals surface area contributed by atoms with E-state index in [0.29, 0.717) is 22.0 Å². The maximum Gasteiger partial charge on any atom is 0.323 e. The lowest BCUT2D eigenvalue weighted by Gasteiger charge is -2.09. The number of para-hydroxylation sites is 1. The molecule has 0 radical (unpaired) electrons. The van der Waals surface area contributed by atoms with Gasteiger partial charge in [0.2, 0.25) is 0 Å². The Kier molecular flexibility index (Phi) is 4.79. The van der Waals surface area contributed by atoms with Crippen LogP contribution in [-0.4, -0.2) is 17.1 Å². The van der Waals surface area contributed by atoms with Crippen molar-refractivity contribution in [2.75, 3.05) is 10.6 Å². The van der Waals surface area contributed by atoms with E-state index in [2.05, 4.69) is 10.6 Å². The summed E-state index contributed by atoms with van der Waals surface area (Å²) in [7, 11) is 0. The molecule has 5 nitrogen and oxygen atoms in total. The SMILES string of the molecule is O=C(O)Cc1cccc(NC(=O)Nc2ccccc2Cl)c1. The monoisotopic (exact) mass is 304 g/mol. The zero-order valence-corrected chi connectivity index (χ0v) is 11.7. The van der Waals surface area contributed by atoms with Crippen molar-refractivity contribution in [2.24, 2.45) is 0 Å². The molecule has 6 heteroatoms. The van der Waals surface area contributed by atoms with Crippen LogP contribution in [0.15, 0.2) is 48.5 Å². The van der Waals surface area contributed by atoms with Crippen molar-refractivity contribution in [3.8, 4) is 0 Å². The number of anilines is 2. The van der Waals surface area contributed by atoms with Crippen molar-refractivity contribution in [2.45, 2.75) is 6.42 Å². The van der Waals surface area contributed by atoms with Gasteiger partial charge in [0.15, 0.2) is 0 Å². The number of carbonyl (C=O) groups is 2. The smallest absolute Gasteiger partial charge is 0.323 e. The number of amides is 2. The molecular weight excluding hydrogens is 292 g/mol. The number of carboxylic acid groups (broad SMARTS) is 1. The largest absolute Gasteiger partial charge is 0.481 e. The summed E-state index contributed by atoms with van der Waals surface area (Å²) in [5.74, 6) is -0.923. The summed E-state index contributed by atoms with van der Waals surface area (Å²) in [6.45, 7) is 0. The molecule has 2 amide bonds. The summed E-state index contributed by atoms with van der Waals surface area (Å²) < 4.78 is 0. The Bertz CT molecular complexity index is 673. The molecular formula is C15H13ClN2O3. The van der Waals surface area contributed by atoms with Crippen LogP contribution in [0.3, 0.4) is 0 Å². The van der Waals surface area contributed by atoms with Gasteiger partial charge in [0.05, 0.1) is 17.1 Å². The first-order valence-corrected chi connectivity index (χ1v) is 6.55. The molecule has 0 aliphatic rings. The van der Waals surface area contributed by atoms with E-state index in [1.54, 1.807) is 48.5 Å². The lowest BCUT2D eigenvalue weighted by atomic mass is 10.1. The van der Waals surface area contributed by atoms with Crippen LogP contribution < -0.4 is 10.6 Å². The Balaban J connectivity index is 2.03. The fourth-order valence-electron chi connectivity index (χ4n) is 1.78. The molecule has 0 aliphatic heterocycles. The Morgan fingerprint density at radius 3 is 2.52 bits per heavy atom. The molecule has 0 aromatic heterocycles. The van der Waals surface area contributed by atoms with Crippen LogP contribution >= 0.6 is 11.6 Å². The second-order valence-electron chi connectivity index (χ2n) is 4.33. The first-order valence-electron chi connectivity index (χ1n) is 6.18. The van der Waals surface area contributed by atoms with Gasteiger partial charge in [-0.3, -0.25) is 4.79 Å². The summed E-state index contributed by atoms with van der Waals surface area (Å²) >= 11 is 5.95. The Hall–Kier alpha value is -2.53. The van der Waals surface area contributed by atoms with Crippen LogP contribution in [0, 0.1) is 0 Å². The predicted molar refractivity (Wildman–Crippen MR) is 81.9 cm³/mol. The third-order valence-corrected chi connectivity index (χ3v) is 2.99. The number of aliphatic carboxylic acids is 1. The molecule has 0 saturated carbocycles. The van der Waals surface area contributed by atoms with Gasteiger partial charge in [0.25, 0.3) is 0 Å². The van der Waals surface area contributed by atoms with Gasteiger partial charge in [-0.15, -0.1) is 0 Å². The third-order valence-electron chi connectivity index (χ3n) is 2.66. The number of rotatable bonds is 4. The number of benzene rings is 2. The minimum absolute atomic E-state index is 0.0956. The number of carboxylic acids is 1. The fourth-order valence-corrected chi connectivity index (χ4v) is 1.96. The second-order valence-corrected chi connectivity index (χ2v) is 4.74. The summed E-state index contributed by atoms with van der Waals surface area (Å²) in [6, 6.07) is 13.1. The Labute approximate surface area is 126 Å². The van der Waals surface area contributed by atoms with E-state index in [-0.39, 0.29) is 6.42 Å². The highest BCUT2D eigenvalue weighted by Gasteiger charge is 2.06. The number of hydrogen-bond acceptors (Lipinski definition) is 2. The van der Waals surface area contributed by atoms with Gasteiger partial charge in [-0.2, -0.15) is 0 Å². The van der Waals surface area contributed by atoms with Gasteiger partial charge in [-0.05, 0) is 29.8 Å². The summed E-state index contributed by atoms with van der Waals surface area (Å²) in [6.07, 6.45) is -0.0956. The molecule has 108 valence electrons. The maximum absolute atomic E-state index is 11.9. The second kappa shape index (κ2) is 6.76. The number of carbonyl (C=O) groups excluding carboxylic acids is 1. The predicted octanol–water partition coefficient (Wildman–Crippen LogP) is 3.61. The van der Waals surface area contributed by atoms with Crippen molar-refractivity contribution in [3.05, 3.63) is 59.1 Å². The minimum Gasteiger partial charge on any atom is -0.481 e. The van der Waals surface area contributed by atoms with Crippen molar-refractivity contribution < 1.29 is 14.7 Å². The van der Waals surface area contributed by atoms with E-state index in [0.717, 1.165) is 0 Å². The summed E-state index contributed by atoms with van der Waals surface area (Å²) in [5.41, 5.74) is 1.62. The summed E-state index contributed by atoms with van der Waals surface area (Å²) in [4.78, 5) is 22.5. The molecule has 0 saturated heterocycles. The van der Waals surface area contributed by atoms with Gasteiger partial charge in [0, 0.05) is 5.69 Å². The molecule has 2 aromatic carbocycles. The number of nitrogens with one attached hydrogen (secondary N) is 2. The number of halogens is 1. The van der Waals surface area contributed by atoms with Crippen molar-refractivity contribution in [3.63, 3.8) is 0 Å². The highest BCUT2D eigenvalue weighted by Crippen LogP contribution is 2.20. The lowest BCUT2D eigenvalue weighted by molar-refractivity contribution is -0.136. The first kappa shape index (κ1) is 14.9. The zero-order chi connectivity index (χ0) is 15.2. The molecule has 0 heterocycles. The number of hydrogen-bond donors (Lipinski definition) is 3. The molecule has 2 aromatic rings. The lowest BCUT2D eigenvalue weighted by Crippen LogP contribution is -2.19. The molecule has 3 N–H and O–H groups in total. The van der Waals surface area contributed by atoms with Crippen molar-refractivity contribution >= 4 is 35.0 Å². The molecule has 0 aliphatic carbocycles. The topological polar surface area (TPSA) is 78.4 Å². The van der Waals surface area contributed by atoms with Gasteiger partial charge in [-0.1, -0.05) is 35.9 Å². The molecule has 0 atom stereocenters. The van der Waals surface area contributed by atoms with Crippen LogP contribution in [-0.2, 0) is 11.2 Å². The average Bonchev–Trinajstić information content (AvgIpc) is 2.41. The normalized spacial score (nSPS) is 9.95. The van der Waals surface area contributed by atoms with Crippen molar-refractivity contribution in [1.82, 2.24) is 0 Å². The highest BCUT2D eigenvalue weighted by atomic mass is 35.5. The molecule has 0 spiro atoms. The van der Waals surface area contributed by atoms with E-state index >= 15 is 0 Å². The van der Waals surface area contributed by atoms with Crippen molar-refractivity contribution in [1.29, 1.82) is 0 Å². The van der Waals surface area contributed by atoms with Gasteiger partial charge in [-0.25, -0.2) is 4.79 Å². The van der Waals surface area contributed by atoms with E-state index in [4.69, 9.17) is 16.7 Å². The van der Waals surface area contributed by atoms with Crippen LogP contribution in [0.2, 0.25) is 5.02 Å². The Morgan fingerprint density at radius 2 is 1.81 bits per heavy atom. The standard InChI is InChI=1S/C15H13ClN2O3/c16-12-6-1-2-7-13(12)18-15(21)17-11-5-3-4-10(8-11)9-14(19)20/h1-8H,9H2,(H,19,20)(H2,17,18,21). The van der Waals surface area contributed by atoms with Crippen LogP contribution in [0.4, 0.5) is 16.2 Å². The third kappa shape index (κ3) is 4.50. The van der Waals surface area contributed by atoms with E-state index < -0.39 is 12.0 Å². The Morgan fingerprint density at radius 1 is 1.05 bits per heavy atom. The van der Waals surface area contributed by atoms with E-state index in [1.165, 1.54) is 0 Å². The fraction of sp³-hybridized carbons (Fsp3) is 0.0667. The van der Waals surface area contributed by atoms with Gasteiger partial charge >= 0.3 is 12.0 Å². The number of urea groups is 1. The quantitative estimate of drug-likeness (QED) is 0.807. The molecule has 21 heavy (non-hydrogen) atoms.